The van der Waals surface area contributed by atoms with E-state index in [0.717, 1.165) is 55.7 Å². The molecular weight excluding hydrogens is 759 g/mol. The summed E-state index contributed by atoms with van der Waals surface area (Å²) in [6.45, 7) is 0. The Morgan fingerprint density at radius 1 is 0.311 bits per heavy atom. The highest BCUT2D eigenvalue weighted by Gasteiger charge is 2.17. The predicted molar refractivity (Wildman–Crippen MR) is 261 cm³/mol. The lowest BCUT2D eigenvalue weighted by molar-refractivity contribution is 0.669. The number of para-hydroxylation sites is 1. The zero-order valence-corrected chi connectivity index (χ0v) is 33.9. The summed E-state index contributed by atoms with van der Waals surface area (Å²) < 4.78 is 8.90. The van der Waals surface area contributed by atoms with Crippen LogP contribution in [0.15, 0.2) is 229 Å². The van der Waals surface area contributed by atoms with Gasteiger partial charge in [-0.2, -0.15) is 0 Å². The van der Waals surface area contributed by atoms with E-state index < -0.39 is 0 Å². The molecule has 0 saturated carbocycles. The first-order valence-electron chi connectivity index (χ1n) is 20.7. The first kappa shape index (κ1) is 35.2. The minimum atomic E-state index is 0.900. The smallest absolute Gasteiger partial charge is 0.136 e. The molecule has 3 heteroatoms. The molecule has 286 valence electrons. The Morgan fingerprint density at radius 3 is 1.74 bits per heavy atom. The molecule has 0 bridgehead atoms. The van der Waals surface area contributed by atoms with Gasteiger partial charge in [-0.05, 0) is 122 Å². The van der Waals surface area contributed by atoms with Crippen molar-refractivity contribution in [2.45, 2.75) is 0 Å². The molecule has 0 unspecified atom stereocenters. The number of thiophene rings is 1. The van der Waals surface area contributed by atoms with Gasteiger partial charge in [-0.15, -0.1) is 11.3 Å². The van der Waals surface area contributed by atoms with Gasteiger partial charge in [0, 0.05) is 48.0 Å². The maximum Gasteiger partial charge on any atom is 0.136 e. The first-order valence-corrected chi connectivity index (χ1v) is 21.5. The number of hydrogen-bond donors (Lipinski definition) is 0. The number of nitrogens with zero attached hydrogens (tertiary/aromatic N) is 1. The average Bonchev–Trinajstić information content (AvgIpc) is 3.90. The van der Waals surface area contributed by atoms with Gasteiger partial charge in [0.25, 0.3) is 0 Å². The molecular formula is C58H37NOS. The van der Waals surface area contributed by atoms with Gasteiger partial charge in [-0.3, -0.25) is 0 Å². The Morgan fingerprint density at radius 2 is 0.885 bits per heavy atom. The van der Waals surface area contributed by atoms with Crippen molar-refractivity contribution in [2.24, 2.45) is 0 Å². The number of anilines is 3. The van der Waals surface area contributed by atoms with Crippen LogP contribution >= 0.6 is 11.3 Å². The molecule has 2 heterocycles. The van der Waals surface area contributed by atoms with Crippen molar-refractivity contribution in [3.8, 4) is 44.5 Å². The largest absolute Gasteiger partial charge is 0.456 e. The minimum Gasteiger partial charge on any atom is -0.456 e. The third kappa shape index (κ3) is 6.18. The highest BCUT2D eigenvalue weighted by molar-refractivity contribution is 7.26. The van der Waals surface area contributed by atoms with E-state index in [1.54, 1.807) is 0 Å². The normalized spacial score (nSPS) is 11.6. The molecule has 0 aliphatic heterocycles. The molecule has 12 rings (SSSR count). The van der Waals surface area contributed by atoms with Gasteiger partial charge in [-0.1, -0.05) is 158 Å². The van der Waals surface area contributed by atoms with Gasteiger partial charge < -0.3 is 9.32 Å². The molecule has 0 spiro atoms. The second-order valence-corrected chi connectivity index (χ2v) is 16.7. The lowest BCUT2D eigenvalue weighted by Crippen LogP contribution is -2.10. The van der Waals surface area contributed by atoms with Crippen molar-refractivity contribution >= 4 is 81.3 Å². The molecule has 0 N–H and O–H groups in total. The summed E-state index contributed by atoms with van der Waals surface area (Å²) >= 11 is 1.87. The summed E-state index contributed by atoms with van der Waals surface area (Å²) in [5.41, 5.74) is 14.6. The van der Waals surface area contributed by atoms with Crippen LogP contribution in [0.1, 0.15) is 0 Å². The highest BCUT2D eigenvalue weighted by Crippen LogP contribution is 2.43. The van der Waals surface area contributed by atoms with Crippen LogP contribution in [-0.4, -0.2) is 0 Å². The van der Waals surface area contributed by atoms with Gasteiger partial charge in [0.2, 0.25) is 0 Å². The quantitative estimate of drug-likeness (QED) is 0.160. The Kier molecular flexibility index (Phi) is 8.39. The maximum absolute atomic E-state index is 6.26. The number of furan rings is 1. The van der Waals surface area contributed by atoms with Gasteiger partial charge >= 0.3 is 0 Å². The highest BCUT2D eigenvalue weighted by atomic mass is 32.1. The topological polar surface area (TPSA) is 16.4 Å². The molecule has 0 fully saturated rings. The summed E-state index contributed by atoms with van der Waals surface area (Å²) in [5.74, 6) is 0. The summed E-state index contributed by atoms with van der Waals surface area (Å²) in [6.07, 6.45) is 0. The standard InChI is InChI=1S/C58H37NOS/c1-2-17-48-39(11-1)12-9-20-49(48)44-15-7-13-41(35-44)42-14-8-16-47(36-42)59(45-30-25-38(26-31-45)43-29-34-52-51-18-3-5-23-55(51)60-56(52)37-43)46-32-27-40(28-33-46)50-21-10-22-54-53-19-4-6-24-57(53)61-58(50)54/h1-37H. The third-order valence-electron chi connectivity index (χ3n) is 12.1. The van der Waals surface area contributed by atoms with Crippen LogP contribution in [0.5, 0.6) is 0 Å². The zero-order valence-electron chi connectivity index (χ0n) is 33.1. The molecule has 12 aromatic rings. The minimum absolute atomic E-state index is 0.900. The van der Waals surface area contributed by atoms with Gasteiger partial charge in [0.1, 0.15) is 11.2 Å². The van der Waals surface area contributed by atoms with Crippen LogP contribution < -0.4 is 4.90 Å². The van der Waals surface area contributed by atoms with Crippen LogP contribution in [0, 0.1) is 0 Å². The van der Waals surface area contributed by atoms with Crippen LogP contribution in [0.4, 0.5) is 17.1 Å². The molecule has 2 nitrogen and oxygen atoms in total. The van der Waals surface area contributed by atoms with E-state index in [0.29, 0.717) is 0 Å². The molecule has 0 saturated heterocycles. The Balaban J connectivity index is 0.947. The van der Waals surface area contributed by atoms with Gasteiger partial charge in [0.15, 0.2) is 0 Å². The van der Waals surface area contributed by atoms with Crippen molar-refractivity contribution in [3.63, 3.8) is 0 Å². The van der Waals surface area contributed by atoms with E-state index in [1.165, 1.54) is 58.8 Å². The van der Waals surface area contributed by atoms with E-state index in [2.05, 4.69) is 217 Å². The van der Waals surface area contributed by atoms with E-state index >= 15 is 0 Å². The Hall–Kier alpha value is -7.72. The predicted octanol–water partition coefficient (Wildman–Crippen LogP) is 17.2. The Labute approximate surface area is 357 Å². The first-order chi connectivity index (χ1) is 30.2. The van der Waals surface area contributed by atoms with Crippen molar-refractivity contribution in [1.29, 1.82) is 0 Å². The van der Waals surface area contributed by atoms with Crippen LogP contribution in [0.2, 0.25) is 0 Å². The third-order valence-corrected chi connectivity index (χ3v) is 13.3. The maximum atomic E-state index is 6.26. The molecule has 0 aliphatic rings. The molecule has 0 atom stereocenters. The fourth-order valence-electron chi connectivity index (χ4n) is 9.09. The van der Waals surface area contributed by atoms with Gasteiger partial charge in [-0.25, -0.2) is 0 Å². The lowest BCUT2D eigenvalue weighted by Gasteiger charge is -2.26. The second kappa shape index (κ2) is 14.5. The molecule has 0 aliphatic carbocycles. The van der Waals surface area contributed by atoms with E-state index in [-0.39, 0.29) is 0 Å². The second-order valence-electron chi connectivity index (χ2n) is 15.7. The Bertz CT molecular complexity index is 3590. The molecule has 61 heavy (non-hydrogen) atoms. The van der Waals surface area contributed by atoms with Crippen molar-refractivity contribution in [2.75, 3.05) is 4.90 Å². The van der Waals surface area contributed by atoms with Crippen LogP contribution in [0.25, 0.3) is 97.4 Å². The van der Waals surface area contributed by atoms with Crippen LogP contribution in [0.3, 0.4) is 0 Å². The van der Waals surface area contributed by atoms with Crippen molar-refractivity contribution in [1.82, 2.24) is 0 Å². The molecule has 2 aromatic heterocycles. The molecule has 0 radical (unpaired) electrons. The van der Waals surface area contributed by atoms with E-state index in [4.69, 9.17) is 4.42 Å². The summed E-state index contributed by atoms with van der Waals surface area (Å²) in [4.78, 5) is 2.37. The fraction of sp³-hybridized carbons (Fsp3) is 0. The molecule has 10 aromatic carbocycles. The average molecular weight is 796 g/mol. The lowest BCUT2D eigenvalue weighted by atomic mass is 9.95. The summed E-state index contributed by atoms with van der Waals surface area (Å²) in [6, 6.07) is 81.2. The van der Waals surface area contributed by atoms with Crippen LogP contribution in [-0.2, 0) is 0 Å². The summed E-state index contributed by atoms with van der Waals surface area (Å²) in [5, 5.41) is 7.41. The fourth-order valence-corrected chi connectivity index (χ4v) is 10.3. The van der Waals surface area contributed by atoms with Crippen molar-refractivity contribution in [3.05, 3.63) is 224 Å². The molecule has 0 amide bonds. The zero-order chi connectivity index (χ0) is 40.3. The van der Waals surface area contributed by atoms with E-state index in [1.807, 2.05) is 23.5 Å². The number of fused-ring (bicyclic) bond motifs is 7. The van der Waals surface area contributed by atoms with Crippen molar-refractivity contribution < 1.29 is 4.42 Å². The number of hydrogen-bond acceptors (Lipinski definition) is 3. The number of benzene rings is 10. The monoisotopic (exact) mass is 795 g/mol. The SMILES string of the molecule is c1cc(-c2cccc(N(c3ccc(-c4ccc5c(c4)oc4ccccc45)cc3)c3ccc(-c4cccc5c4sc4ccccc45)cc3)c2)cc(-c2cccc3ccccc23)c1. The van der Waals surface area contributed by atoms with E-state index in [9.17, 15) is 0 Å². The summed E-state index contributed by atoms with van der Waals surface area (Å²) in [7, 11) is 0. The number of rotatable bonds is 7. The van der Waals surface area contributed by atoms with Gasteiger partial charge in [0.05, 0.1) is 0 Å².